The molecule has 8 nitrogen and oxygen atoms in total. The van der Waals surface area contributed by atoms with Crippen LogP contribution in [0, 0.1) is 11.7 Å². The van der Waals surface area contributed by atoms with E-state index in [2.05, 4.69) is 15.4 Å². The van der Waals surface area contributed by atoms with Crippen molar-refractivity contribution in [2.75, 3.05) is 17.7 Å². The molecule has 2 atom stereocenters. The molecule has 0 aliphatic carbocycles. The molecule has 1 aliphatic heterocycles. The number of sulfone groups is 1. The summed E-state index contributed by atoms with van der Waals surface area (Å²) >= 11 is 0. The summed E-state index contributed by atoms with van der Waals surface area (Å²) in [7, 11) is -3.43. The molecule has 0 fully saturated rings. The van der Waals surface area contributed by atoms with Crippen LogP contribution in [0.4, 0.5) is 14.9 Å². The van der Waals surface area contributed by atoms with Crippen molar-refractivity contribution in [3.05, 3.63) is 66.0 Å². The van der Waals surface area contributed by atoms with Crippen molar-refractivity contribution in [3.8, 4) is 5.69 Å². The van der Waals surface area contributed by atoms with Crippen LogP contribution in [0.3, 0.4) is 0 Å². The number of urea groups is 1. The number of hydrogen-bond acceptors (Lipinski definition) is 5. The van der Waals surface area contributed by atoms with Gasteiger partial charge in [-0.15, -0.1) is 0 Å². The van der Waals surface area contributed by atoms with Gasteiger partial charge in [-0.25, -0.2) is 22.3 Å². The first kappa shape index (κ1) is 23.9. The molecule has 4 rings (SSSR count). The van der Waals surface area contributed by atoms with Gasteiger partial charge >= 0.3 is 6.03 Å². The maximum Gasteiger partial charge on any atom is 0.322 e. The van der Waals surface area contributed by atoms with Crippen LogP contribution in [0.1, 0.15) is 44.0 Å². The predicted molar refractivity (Wildman–Crippen MR) is 127 cm³/mol. The first-order chi connectivity index (χ1) is 16.2. The van der Waals surface area contributed by atoms with E-state index in [1.54, 1.807) is 40.2 Å². The van der Waals surface area contributed by atoms with E-state index >= 15 is 0 Å². The van der Waals surface area contributed by atoms with Crippen LogP contribution in [-0.4, -0.2) is 42.0 Å². The summed E-state index contributed by atoms with van der Waals surface area (Å²) < 4.78 is 39.1. The first-order valence-electron chi connectivity index (χ1n) is 11.2. The molecule has 0 saturated heterocycles. The average Bonchev–Trinajstić information content (AvgIpc) is 3.26. The molecular formula is C24H28FN5O3S. The van der Waals surface area contributed by atoms with E-state index in [1.165, 1.54) is 18.3 Å². The van der Waals surface area contributed by atoms with Gasteiger partial charge in [-0.05, 0) is 54.7 Å². The minimum Gasteiger partial charge on any atom is -0.331 e. The van der Waals surface area contributed by atoms with Crippen LogP contribution in [0.25, 0.3) is 5.69 Å². The monoisotopic (exact) mass is 485 g/mol. The second kappa shape index (κ2) is 9.54. The molecule has 0 spiro atoms. The molecular weight excluding hydrogens is 457 g/mol. The molecule has 3 heterocycles. The Kier molecular flexibility index (Phi) is 6.70. The van der Waals surface area contributed by atoms with Crippen molar-refractivity contribution in [3.63, 3.8) is 0 Å². The van der Waals surface area contributed by atoms with Gasteiger partial charge < -0.3 is 5.32 Å². The Morgan fingerprint density at radius 2 is 1.94 bits per heavy atom. The third kappa shape index (κ3) is 4.82. The minimum atomic E-state index is -3.43. The van der Waals surface area contributed by atoms with Crippen molar-refractivity contribution in [2.24, 2.45) is 5.92 Å². The number of carbonyl (C=O) groups excluding carboxylic acids is 1. The predicted octanol–water partition coefficient (Wildman–Crippen LogP) is 4.06. The number of benzene rings is 1. The maximum absolute atomic E-state index is 13.4. The van der Waals surface area contributed by atoms with Crippen LogP contribution >= 0.6 is 0 Å². The van der Waals surface area contributed by atoms with Gasteiger partial charge in [0.2, 0.25) is 0 Å². The fourth-order valence-electron chi connectivity index (χ4n) is 4.17. The van der Waals surface area contributed by atoms with E-state index in [0.29, 0.717) is 17.8 Å². The lowest BCUT2D eigenvalue weighted by atomic mass is 9.93. The van der Waals surface area contributed by atoms with Gasteiger partial charge in [-0.2, -0.15) is 5.10 Å². The lowest BCUT2D eigenvalue weighted by Gasteiger charge is -2.31. The molecule has 180 valence electrons. The molecule has 1 N–H and O–H groups in total. The zero-order valence-corrected chi connectivity index (χ0v) is 20.2. The third-order valence-corrected chi connectivity index (χ3v) is 7.34. The Balaban J connectivity index is 1.62. The van der Waals surface area contributed by atoms with Gasteiger partial charge in [0.15, 0.2) is 9.84 Å². The first-order valence-corrected chi connectivity index (χ1v) is 13.1. The Morgan fingerprint density at radius 1 is 1.21 bits per heavy atom. The lowest BCUT2D eigenvalue weighted by Crippen LogP contribution is -2.45. The average molecular weight is 486 g/mol. The quantitative estimate of drug-likeness (QED) is 0.568. The van der Waals surface area contributed by atoms with E-state index in [0.717, 1.165) is 36.9 Å². The molecule has 34 heavy (non-hydrogen) atoms. The zero-order valence-electron chi connectivity index (χ0n) is 19.4. The highest BCUT2D eigenvalue weighted by Gasteiger charge is 2.30. The van der Waals surface area contributed by atoms with Gasteiger partial charge in [-0.1, -0.05) is 20.3 Å². The van der Waals surface area contributed by atoms with Gasteiger partial charge in [0, 0.05) is 25.2 Å². The van der Waals surface area contributed by atoms with Crippen LogP contribution in [0.5, 0.6) is 0 Å². The number of halogens is 1. The Morgan fingerprint density at radius 3 is 2.62 bits per heavy atom. The van der Waals surface area contributed by atoms with Crippen LogP contribution < -0.4 is 10.2 Å². The molecule has 10 heteroatoms. The molecule has 0 radical (unpaired) electrons. The van der Waals surface area contributed by atoms with Crippen molar-refractivity contribution in [2.45, 2.75) is 44.0 Å². The number of hydrogen-bond donors (Lipinski definition) is 1. The molecule has 0 bridgehead atoms. The Labute approximate surface area is 198 Å². The highest BCUT2D eigenvalue weighted by Crippen LogP contribution is 2.31. The topological polar surface area (TPSA) is 97.2 Å². The van der Waals surface area contributed by atoms with Crippen LogP contribution in [-0.2, 0) is 16.3 Å². The number of nitrogens with one attached hydrogen (secondary N) is 1. The highest BCUT2D eigenvalue weighted by atomic mass is 32.2. The second-order valence-electron chi connectivity index (χ2n) is 8.66. The summed E-state index contributed by atoms with van der Waals surface area (Å²) in [6.07, 6.45) is 7.98. The van der Waals surface area contributed by atoms with E-state index in [1.807, 2.05) is 13.8 Å². The number of nitrogens with zero attached hydrogens (tertiary/aromatic N) is 4. The largest absolute Gasteiger partial charge is 0.331 e. The number of anilines is 1. The summed E-state index contributed by atoms with van der Waals surface area (Å²) in [5.41, 5.74) is 2.96. The van der Waals surface area contributed by atoms with Crippen molar-refractivity contribution in [1.82, 2.24) is 20.1 Å². The fraction of sp³-hybridized carbons (Fsp3) is 0.375. The zero-order chi connectivity index (χ0) is 24.5. The molecule has 1 aromatic carbocycles. The number of pyridine rings is 1. The number of aromatic nitrogens is 3. The number of amides is 2. The van der Waals surface area contributed by atoms with Crippen molar-refractivity contribution in [1.29, 1.82) is 0 Å². The summed E-state index contributed by atoms with van der Waals surface area (Å²) in [4.78, 5) is 19.3. The lowest BCUT2D eigenvalue weighted by molar-refractivity contribution is 0.236. The fourth-order valence-corrected chi connectivity index (χ4v) is 4.78. The van der Waals surface area contributed by atoms with E-state index in [4.69, 9.17) is 0 Å². The van der Waals surface area contributed by atoms with Gasteiger partial charge in [0.05, 0.1) is 34.2 Å². The number of rotatable bonds is 6. The van der Waals surface area contributed by atoms with Crippen molar-refractivity contribution >= 4 is 21.6 Å². The summed E-state index contributed by atoms with van der Waals surface area (Å²) in [5.74, 6) is -0.275. The second-order valence-corrected chi connectivity index (χ2v) is 10.7. The molecule has 1 aliphatic rings. The molecule has 0 saturated carbocycles. The molecule has 1 unspecified atom stereocenters. The van der Waals surface area contributed by atoms with E-state index < -0.39 is 15.9 Å². The standard InChI is InChI=1S/C24H28FN5O3S/c1-4-16(2)23(17-12-20(14-26-13-17)34(3,32)33)28-24(31)29-11-5-6-21-22(29)15-27-30(21)19-9-7-18(25)8-10-19/h7-10,12-16,23H,4-6,11H2,1-3H3,(H,28,31)/t16?,23-/m0/s1. The van der Waals surface area contributed by atoms with Gasteiger partial charge in [0.25, 0.3) is 0 Å². The molecule has 2 amide bonds. The van der Waals surface area contributed by atoms with Gasteiger partial charge in [0.1, 0.15) is 5.82 Å². The van der Waals surface area contributed by atoms with Gasteiger partial charge in [-0.3, -0.25) is 9.88 Å². The minimum absolute atomic E-state index is 0.0479. The summed E-state index contributed by atoms with van der Waals surface area (Å²) in [6.45, 7) is 4.55. The molecule has 3 aromatic rings. The van der Waals surface area contributed by atoms with Crippen LogP contribution in [0.15, 0.2) is 53.8 Å². The van der Waals surface area contributed by atoms with Crippen molar-refractivity contribution < 1.29 is 17.6 Å². The van der Waals surface area contributed by atoms with E-state index in [-0.39, 0.29) is 22.7 Å². The third-order valence-electron chi connectivity index (χ3n) is 6.26. The Bertz CT molecular complexity index is 1290. The maximum atomic E-state index is 13.4. The Hall–Kier alpha value is -3.27. The van der Waals surface area contributed by atoms with E-state index in [9.17, 15) is 17.6 Å². The number of carbonyl (C=O) groups is 1. The summed E-state index contributed by atoms with van der Waals surface area (Å²) in [5, 5.41) is 7.55. The molecule has 2 aromatic heterocycles. The smallest absolute Gasteiger partial charge is 0.322 e. The van der Waals surface area contributed by atoms with Crippen LogP contribution in [0.2, 0.25) is 0 Å². The highest BCUT2D eigenvalue weighted by molar-refractivity contribution is 7.90. The normalized spacial score (nSPS) is 15.5. The summed E-state index contributed by atoms with van der Waals surface area (Å²) in [6, 6.07) is 6.95. The number of fused-ring (bicyclic) bond motifs is 1. The SMILES string of the molecule is CCC(C)[C@H](NC(=O)N1CCCc2c1cnn2-c1ccc(F)cc1)c1cncc(S(C)(=O)=O)c1.